The summed E-state index contributed by atoms with van der Waals surface area (Å²) in [5.74, 6) is 0.302. The summed E-state index contributed by atoms with van der Waals surface area (Å²) in [6.07, 6.45) is 5.12. The van der Waals surface area contributed by atoms with Gasteiger partial charge in [-0.1, -0.05) is 24.2 Å². The Hall–Kier alpha value is -3.88. The fourth-order valence-corrected chi connectivity index (χ4v) is 3.87. The Labute approximate surface area is 175 Å². The molecule has 0 bridgehead atoms. The highest BCUT2D eigenvalue weighted by Crippen LogP contribution is 2.46. The van der Waals surface area contributed by atoms with E-state index in [1.54, 1.807) is 34.9 Å². The normalized spacial score (nSPS) is 15.0. The summed E-state index contributed by atoms with van der Waals surface area (Å²) in [6.45, 7) is 2.19. The highest BCUT2D eigenvalue weighted by molar-refractivity contribution is 5.83. The van der Waals surface area contributed by atoms with Crippen molar-refractivity contribution in [2.75, 3.05) is 0 Å². The van der Waals surface area contributed by atoms with Crippen LogP contribution in [0.4, 0.5) is 4.39 Å². The quantitative estimate of drug-likeness (QED) is 0.446. The molecule has 1 aromatic carbocycles. The minimum absolute atomic E-state index is 0.0771. The number of nitrogens with zero attached hydrogens (tertiary/aromatic N) is 6. The summed E-state index contributed by atoms with van der Waals surface area (Å²) in [5.41, 5.74) is 1.39. The molecule has 0 N–H and O–H groups in total. The molecular formula is C22H17FN6O2. The second-order valence-electron chi connectivity index (χ2n) is 8.12. The lowest BCUT2D eigenvalue weighted by Crippen LogP contribution is -2.24. The van der Waals surface area contributed by atoms with E-state index in [-0.39, 0.29) is 34.6 Å². The molecule has 31 heavy (non-hydrogen) atoms. The van der Waals surface area contributed by atoms with Crippen LogP contribution in [0.3, 0.4) is 0 Å². The van der Waals surface area contributed by atoms with Crippen molar-refractivity contribution in [3.05, 3.63) is 76.6 Å². The number of imidazole rings is 1. The van der Waals surface area contributed by atoms with Gasteiger partial charge in [0, 0.05) is 11.6 Å². The molecule has 1 saturated carbocycles. The average Bonchev–Trinajstić information content (AvgIpc) is 3.19. The van der Waals surface area contributed by atoms with Crippen LogP contribution in [0.5, 0.6) is 0 Å². The predicted molar refractivity (Wildman–Crippen MR) is 110 cm³/mol. The summed E-state index contributed by atoms with van der Waals surface area (Å²) in [6, 6.07) is 10.1. The van der Waals surface area contributed by atoms with Crippen LogP contribution in [0.1, 0.15) is 31.3 Å². The van der Waals surface area contributed by atoms with Crippen molar-refractivity contribution in [3.8, 4) is 11.6 Å². The molecule has 0 saturated heterocycles. The van der Waals surface area contributed by atoms with E-state index in [2.05, 4.69) is 27.0 Å². The zero-order valence-corrected chi connectivity index (χ0v) is 16.6. The highest BCUT2D eigenvalue weighted by Gasteiger charge is 2.44. The van der Waals surface area contributed by atoms with Crippen LogP contribution >= 0.6 is 0 Å². The number of hydrogen-bond acceptors (Lipinski definition) is 6. The Kier molecular flexibility index (Phi) is 3.65. The number of benzene rings is 1. The first kappa shape index (κ1) is 17.9. The van der Waals surface area contributed by atoms with Crippen molar-refractivity contribution in [3.63, 3.8) is 0 Å². The van der Waals surface area contributed by atoms with Crippen LogP contribution in [0.2, 0.25) is 0 Å². The van der Waals surface area contributed by atoms with Crippen LogP contribution in [-0.4, -0.2) is 29.1 Å². The van der Waals surface area contributed by atoms with Gasteiger partial charge in [0.1, 0.15) is 23.2 Å². The number of hydrogen-bond donors (Lipinski definition) is 0. The van der Waals surface area contributed by atoms with Crippen LogP contribution in [0.25, 0.3) is 28.1 Å². The first-order valence-electron chi connectivity index (χ1n) is 9.98. The standard InChI is InChI=1S/C22H17FN6O2/c1-22(8-9-22)21-26-19(31-27-21)16-18-20(30)28(11-13-5-2-3-10-24-13)17-14(23)6-4-7-15(17)29(18)12-25-16/h2-7,10,12H,8-9,11H2,1H3. The van der Waals surface area contributed by atoms with Crippen molar-refractivity contribution in [1.82, 2.24) is 29.1 Å². The average molecular weight is 416 g/mol. The van der Waals surface area contributed by atoms with Gasteiger partial charge in [0.25, 0.3) is 11.4 Å². The summed E-state index contributed by atoms with van der Waals surface area (Å²) in [4.78, 5) is 26.8. The van der Waals surface area contributed by atoms with Crippen molar-refractivity contribution >= 4 is 16.6 Å². The first-order valence-corrected chi connectivity index (χ1v) is 9.98. The van der Waals surface area contributed by atoms with Gasteiger partial charge in [-0.05, 0) is 37.1 Å². The smallest absolute Gasteiger partial charge is 0.279 e. The molecule has 0 unspecified atom stereocenters. The molecule has 0 spiro atoms. The van der Waals surface area contributed by atoms with Crippen LogP contribution < -0.4 is 5.56 Å². The minimum Gasteiger partial charge on any atom is -0.332 e. The third-order valence-electron chi connectivity index (χ3n) is 5.92. The third kappa shape index (κ3) is 2.69. The first-order chi connectivity index (χ1) is 15.0. The molecular weight excluding hydrogens is 399 g/mol. The monoisotopic (exact) mass is 416 g/mol. The molecule has 0 aliphatic heterocycles. The van der Waals surface area contributed by atoms with E-state index in [1.807, 2.05) is 6.07 Å². The predicted octanol–water partition coefficient (Wildman–Crippen LogP) is 3.33. The molecule has 4 aromatic heterocycles. The molecule has 6 rings (SSSR count). The van der Waals surface area contributed by atoms with Crippen molar-refractivity contribution in [1.29, 1.82) is 0 Å². The minimum atomic E-state index is -0.496. The molecule has 0 radical (unpaired) electrons. The van der Waals surface area contributed by atoms with E-state index in [0.29, 0.717) is 17.0 Å². The molecule has 154 valence electrons. The molecule has 4 heterocycles. The molecule has 1 aliphatic rings. The Bertz CT molecular complexity index is 1510. The van der Waals surface area contributed by atoms with Crippen LogP contribution in [-0.2, 0) is 12.0 Å². The molecule has 8 nitrogen and oxygen atoms in total. The number of pyridine rings is 1. The van der Waals surface area contributed by atoms with Gasteiger partial charge in [-0.2, -0.15) is 4.98 Å². The van der Waals surface area contributed by atoms with Gasteiger partial charge in [0.2, 0.25) is 0 Å². The van der Waals surface area contributed by atoms with E-state index >= 15 is 0 Å². The topological polar surface area (TPSA) is 91.1 Å². The number of halogens is 1. The second kappa shape index (κ2) is 6.31. The SMILES string of the molecule is CC1(c2noc(-c3ncn4c3c(=O)n(Cc3ccccn3)c3c(F)cccc34)n2)CC1. The van der Waals surface area contributed by atoms with E-state index in [4.69, 9.17) is 4.52 Å². The molecule has 0 amide bonds. The lowest BCUT2D eigenvalue weighted by Gasteiger charge is -2.13. The second-order valence-corrected chi connectivity index (χ2v) is 8.12. The summed E-state index contributed by atoms with van der Waals surface area (Å²) >= 11 is 0. The molecule has 9 heteroatoms. The summed E-state index contributed by atoms with van der Waals surface area (Å²) in [7, 11) is 0. The number of rotatable bonds is 4. The van der Waals surface area contributed by atoms with Crippen molar-refractivity contribution in [2.45, 2.75) is 31.7 Å². The fourth-order valence-electron chi connectivity index (χ4n) is 3.87. The number of aromatic nitrogens is 6. The van der Waals surface area contributed by atoms with Gasteiger partial charge < -0.3 is 4.52 Å². The Morgan fingerprint density at radius 2 is 2.00 bits per heavy atom. The van der Waals surface area contributed by atoms with Gasteiger partial charge >= 0.3 is 0 Å². The summed E-state index contributed by atoms with van der Waals surface area (Å²) in [5, 5.41) is 4.09. The lowest BCUT2D eigenvalue weighted by molar-refractivity contribution is 0.415. The molecule has 1 aliphatic carbocycles. The van der Waals surface area contributed by atoms with Crippen molar-refractivity contribution in [2.24, 2.45) is 0 Å². The zero-order valence-electron chi connectivity index (χ0n) is 16.6. The maximum atomic E-state index is 14.9. The van der Waals surface area contributed by atoms with Gasteiger partial charge in [-0.15, -0.1) is 0 Å². The fraction of sp³-hybridized carbons (Fsp3) is 0.227. The molecule has 0 atom stereocenters. The Morgan fingerprint density at radius 1 is 1.13 bits per heavy atom. The molecule has 1 fully saturated rings. The van der Waals surface area contributed by atoms with Gasteiger partial charge in [-0.3, -0.25) is 18.7 Å². The maximum Gasteiger partial charge on any atom is 0.279 e. The Morgan fingerprint density at radius 3 is 2.77 bits per heavy atom. The highest BCUT2D eigenvalue weighted by atomic mass is 19.1. The number of fused-ring (bicyclic) bond motifs is 3. The van der Waals surface area contributed by atoms with Crippen molar-refractivity contribution < 1.29 is 8.91 Å². The maximum absolute atomic E-state index is 14.9. The summed E-state index contributed by atoms with van der Waals surface area (Å²) < 4.78 is 23.3. The molecule has 5 aromatic rings. The van der Waals surface area contributed by atoms with Crippen LogP contribution in [0.15, 0.2) is 58.2 Å². The third-order valence-corrected chi connectivity index (χ3v) is 5.92. The van der Waals surface area contributed by atoms with Crippen LogP contribution in [0, 0.1) is 5.82 Å². The number of para-hydroxylation sites is 1. The lowest BCUT2D eigenvalue weighted by atomic mass is 10.1. The van der Waals surface area contributed by atoms with Gasteiger partial charge in [0.05, 0.1) is 17.8 Å². The largest absolute Gasteiger partial charge is 0.332 e. The Balaban J connectivity index is 1.63. The van der Waals surface area contributed by atoms with Gasteiger partial charge in [0.15, 0.2) is 11.5 Å². The van der Waals surface area contributed by atoms with Gasteiger partial charge in [-0.25, -0.2) is 9.37 Å². The van der Waals surface area contributed by atoms with E-state index in [1.165, 1.54) is 17.0 Å². The van der Waals surface area contributed by atoms with E-state index in [9.17, 15) is 9.18 Å². The van der Waals surface area contributed by atoms with E-state index < -0.39 is 11.4 Å². The zero-order chi connectivity index (χ0) is 21.2. The van der Waals surface area contributed by atoms with E-state index in [0.717, 1.165) is 12.8 Å².